The standard InChI is InChI=1S/C15H18F2N6/c1-22-14(18)20-13(21-22)9-2-3-12(19-6-9)23-7-10-4-5-15(16,17)11(10)8-23/h2-3,6,10-11H,4-5,7-8H2,1H3,(H2,18,20,21). The lowest BCUT2D eigenvalue weighted by Crippen LogP contribution is -2.29. The number of hydrogen-bond donors (Lipinski definition) is 1. The molecule has 2 atom stereocenters. The first kappa shape index (κ1) is 14.3. The lowest BCUT2D eigenvalue weighted by molar-refractivity contribution is -0.0351. The fraction of sp³-hybridized carbons (Fsp3) is 0.533. The molecule has 0 aromatic carbocycles. The molecular formula is C15H18F2N6. The number of alkyl halides is 2. The van der Waals surface area contributed by atoms with Crippen LogP contribution in [0.3, 0.4) is 0 Å². The van der Waals surface area contributed by atoms with Crippen LogP contribution in [0.5, 0.6) is 0 Å². The van der Waals surface area contributed by atoms with Gasteiger partial charge in [0.1, 0.15) is 5.82 Å². The molecule has 1 saturated heterocycles. The highest BCUT2D eigenvalue weighted by atomic mass is 19.3. The molecule has 2 aliphatic rings. The van der Waals surface area contributed by atoms with E-state index in [0.29, 0.717) is 31.3 Å². The maximum Gasteiger partial charge on any atom is 0.252 e. The molecule has 122 valence electrons. The van der Waals surface area contributed by atoms with Crippen LogP contribution in [0.4, 0.5) is 20.5 Å². The van der Waals surface area contributed by atoms with Crippen LogP contribution in [0, 0.1) is 11.8 Å². The van der Waals surface area contributed by atoms with Gasteiger partial charge < -0.3 is 10.6 Å². The number of fused-ring (bicyclic) bond motifs is 1. The van der Waals surface area contributed by atoms with Crippen molar-refractivity contribution in [2.45, 2.75) is 18.8 Å². The van der Waals surface area contributed by atoms with Crippen molar-refractivity contribution in [2.75, 3.05) is 23.7 Å². The summed E-state index contributed by atoms with van der Waals surface area (Å²) in [5, 5.41) is 4.20. The predicted octanol–water partition coefficient (Wildman–Crippen LogP) is 1.94. The third-order valence-electron chi connectivity index (χ3n) is 4.96. The van der Waals surface area contributed by atoms with Crippen LogP contribution in [0.1, 0.15) is 12.8 Å². The molecule has 3 heterocycles. The summed E-state index contributed by atoms with van der Waals surface area (Å²) in [4.78, 5) is 10.5. The van der Waals surface area contributed by atoms with E-state index in [0.717, 1.165) is 11.4 Å². The number of rotatable bonds is 2. The van der Waals surface area contributed by atoms with Gasteiger partial charge in [-0.3, -0.25) is 0 Å². The first-order valence-corrected chi connectivity index (χ1v) is 7.70. The smallest absolute Gasteiger partial charge is 0.252 e. The molecule has 8 heteroatoms. The summed E-state index contributed by atoms with van der Waals surface area (Å²) in [5.74, 6) is -1.44. The zero-order chi connectivity index (χ0) is 16.2. The average molecular weight is 320 g/mol. The summed E-state index contributed by atoms with van der Waals surface area (Å²) in [7, 11) is 1.72. The van der Waals surface area contributed by atoms with Gasteiger partial charge in [0.25, 0.3) is 5.92 Å². The Labute approximate surface area is 132 Å². The normalized spacial score (nSPS) is 25.8. The van der Waals surface area contributed by atoms with Crippen LogP contribution in [-0.2, 0) is 7.05 Å². The van der Waals surface area contributed by atoms with Crippen molar-refractivity contribution < 1.29 is 8.78 Å². The Kier molecular flexibility index (Phi) is 3.04. The Morgan fingerprint density at radius 2 is 2.13 bits per heavy atom. The van der Waals surface area contributed by atoms with Gasteiger partial charge in [-0.1, -0.05) is 0 Å². The van der Waals surface area contributed by atoms with Crippen molar-refractivity contribution in [1.82, 2.24) is 19.7 Å². The molecule has 0 radical (unpaired) electrons. The average Bonchev–Trinajstić information content (AvgIpc) is 3.17. The topological polar surface area (TPSA) is 72.9 Å². The Hall–Kier alpha value is -2.25. The number of halogens is 2. The maximum absolute atomic E-state index is 13.8. The van der Waals surface area contributed by atoms with Crippen LogP contribution in [0.15, 0.2) is 18.3 Å². The number of aromatic nitrogens is 4. The SMILES string of the molecule is Cn1nc(-c2ccc(N3CC4CCC(F)(F)C4C3)nc2)nc1N. The molecule has 1 aliphatic carbocycles. The Balaban J connectivity index is 1.53. The molecule has 2 fully saturated rings. The third-order valence-corrected chi connectivity index (χ3v) is 4.96. The lowest BCUT2D eigenvalue weighted by Gasteiger charge is -2.21. The highest BCUT2D eigenvalue weighted by molar-refractivity contribution is 5.57. The van der Waals surface area contributed by atoms with Gasteiger partial charge in [-0.05, 0) is 24.5 Å². The van der Waals surface area contributed by atoms with Gasteiger partial charge in [0.05, 0.1) is 0 Å². The molecule has 2 aromatic rings. The molecular weight excluding hydrogens is 302 g/mol. The van der Waals surface area contributed by atoms with E-state index in [9.17, 15) is 8.78 Å². The summed E-state index contributed by atoms with van der Waals surface area (Å²) in [6.45, 7) is 1.03. The first-order valence-electron chi connectivity index (χ1n) is 7.70. The largest absolute Gasteiger partial charge is 0.368 e. The minimum absolute atomic E-state index is 0.0231. The molecule has 0 spiro atoms. The van der Waals surface area contributed by atoms with Crippen LogP contribution in [0.25, 0.3) is 11.4 Å². The fourth-order valence-corrected chi connectivity index (χ4v) is 3.62. The van der Waals surface area contributed by atoms with E-state index < -0.39 is 11.8 Å². The van der Waals surface area contributed by atoms with Crippen molar-refractivity contribution in [2.24, 2.45) is 18.9 Å². The quantitative estimate of drug-likeness (QED) is 0.915. The van der Waals surface area contributed by atoms with Crippen LogP contribution in [0.2, 0.25) is 0 Å². The van der Waals surface area contributed by atoms with Gasteiger partial charge in [-0.15, -0.1) is 5.10 Å². The molecule has 23 heavy (non-hydrogen) atoms. The van der Waals surface area contributed by atoms with Crippen molar-refractivity contribution in [3.63, 3.8) is 0 Å². The van der Waals surface area contributed by atoms with Gasteiger partial charge in [-0.2, -0.15) is 4.98 Å². The second-order valence-corrected chi connectivity index (χ2v) is 6.39. The highest BCUT2D eigenvalue weighted by Gasteiger charge is 2.54. The first-order chi connectivity index (χ1) is 10.9. The summed E-state index contributed by atoms with van der Waals surface area (Å²) in [5.41, 5.74) is 6.43. The summed E-state index contributed by atoms with van der Waals surface area (Å²) < 4.78 is 29.2. The third kappa shape index (κ3) is 2.32. The van der Waals surface area contributed by atoms with Crippen LogP contribution >= 0.6 is 0 Å². The van der Waals surface area contributed by atoms with E-state index in [1.807, 2.05) is 17.0 Å². The summed E-state index contributed by atoms with van der Waals surface area (Å²) in [6, 6.07) is 3.68. The Morgan fingerprint density at radius 3 is 2.74 bits per heavy atom. The van der Waals surface area contributed by atoms with Crippen LogP contribution in [-0.4, -0.2) is 38.8 Å². The van der Waals surface area contributed by atoms with E-state index in [1.54, 1.807) is 13.2 Å². The molecule has 2 aromatic heterocycles. The number of nitrogen functional groups attached to an aromatic ring is 1. The number of aryl methyl sites for hydroxylation is 1. The van der Waals surface area contributed by atoms with Gasteiger partial charge in [0.15, 0.2) is 5.82 Å². The van der Waals surface area contributed by atoms with Gasteiger partial charge in [0, 0.05) is 44.2 Å². The maximum atomic E-state index is 13.8. The van der Waals surface area contributed by atoms with Crippen molar-refractivity contribution in [1.29, 1.82) is 0 Å². The Bertz CT molecular complexity index is 707. The number of nitrogens with zero attached hydrogens (tertiary/aromatic N) is 5. The number of anilines is 2. The van der Waals surface area contributed by atoms with Gasteiger partial charge in [0.2, 0.25) is 5.95 Å². The fourth-order valence-electron chi connectivity index (χ4n) is 3.62. The van der Waals surface area contributed by atoms with Crippen LogP contribution < -0.4 is 10.6 Å². The molecule has 2 N–H and O–H groups in total. The molecule has 4 rings (SSSR count). The molecule has 2 unspecified atom stereocenters. The predicted molar refractivity (Wildman–Crippen MR) is 82.0 cm³/mol. The van der Waals surface area contributed by atoms with E-state index in [2.05, 4.69) is 15.1 Å². The molecule has 1 saturated carbocycles. The highest BCUT2D eigenvalue weighted by Crippen LogP contribution is 2.48. The molecule has 1 aliphatic heterocycles. The van der Waals surface area contributed by atoms with Crippen molar-refractivity contribution in [3.8, 4) is 11.4 Å². The number of hydrogen-bond acceptors (Lipinski definition) is 5. The summed E-state index contributed by atoms with van der Waals surface area (Å²) in [6.07, 6.45) is 2.29. The minimum atomic E-state index is -2.53. The summed E-state index contributed by atoms with van der Waals surface area (Å²) >= 11 is 0. The molecule has 0 bridgehead atoms. The van der Waals surface area contributed by atoms with E-state index in [4.69, 9.17) is 5.73 Å². The van der Waals surface area contributed by atoms with Gasteiger partial charge in [-0.25, -0.2) is 18.4 Å². The zero-order valence-electron chi connectivity index (χ0n) is 12.8. The van der Waals surface area contributed by atoms with E-state index >= 15 is 0 Å². The monoisotopic (exact) mass is 320 g/mol. The van der Waals surface area contributed by atoms with E-state index in [1.165, 1.54) is 4.68 Å². The number of pyridine rings is 1. The molecule has 0 amide bonds. The zero-order valence-corrected chi connectivity index (χ0v) is 12.8. The van der Waals surface area contributed by atoms with Gasteiger partial charge >= 0.3 is 0 Å². The second kappa shape index (κ2) is 4.87. The Morgan fingerprint density at radius 1 is 1.30 bits per heavy atom. The van der Waals surface area contributed by atoms with E-state index in [-0.39, 0.29) is 12.3 Å². The van der Waals surface area contributed by atoms with Crippen molar-refractivity contribution in [3.05, 3.63) is 18.3 Å². The minimum Gasteiger partial charge on any atom is -0.368 e. The molecule has 6 nitrogen and oxygen atoms in total. The lowest BCUT2D eigenvalue weighted by atomic mass is 9.99. The van der Waals surface area contributed by atoms with Crippen molar-refractivity contribution >= 4 is 11.8 Å². The second-order valence-electron chi connectivity index (χ2n) is 6.39. The number of nitrogens with two attached hydrogens (primary N) is 1.